The van der Waals surface area contributed by atoms with Crippen molar-refractivity contribution < 1.29 is 0 Å². The molecule has 0 spiro atoms. The minimum Gasteiger partial charge on any atom is -0.313 e. The van der Waals surface area contributed by atoms with Gasteiger partial charge in [-0.25, -0.2) is 0 Å². The predicted octanol–water partition coefficient (Wildman–Crippen LogP) is 2.68. The van der Waals surface area contributed by atoms with E-state index in [0.717, 1.165) is 24.1 Å². The Morgan fingerprint density at radius 2 is 2.17 bits per heavy atom. The van der Waals surface area contributed by atoms with E-state index < -0.39 is 0 Å². The SMILES string of the molecule is C=C(CNCC)CSC(C)CC. The van der Waals surface area contributed by atoms with Gasteiger partial charge in [-0.1, -0.05) is 32.9 Å². The van der Waals surface area contributed by atoms with Gasteiger partial charge in [-0.3, -0.25) is 0 Å². The number of thioether (sulfide) groups is 1. The third kappa shape index (κ3) is 6.74. The summed E-state index contributed by atoms with van der Waals surface area (Å²) in [5, 5.41) is 4.04. The first-order chi connectivity index (χ1) is 5.70. The first kappa shape index (κ1) is 12.0. The van der Waals surface area contributed by atoms with E-state index in [2.05, 4.69) is 32.7 Å². The fourth-order valence-electron chi connectivity index (χ4n) is 0.731. The third-order valence-corrected chi connectivity index (χ3v) is 3.25. The molecule has 0 radical (unpaired) electrons. The summed E-state index contributed by atoms with van der Waals surface area (Å²) in [5.41, 5.74) is 1.31. The first-order valence-corrected chi connectivity index (χ1v) is 5.74. The number of hydrogen-bond donors (Lipinski definition) is 1. The van der Waals surface area contributed by atoms with Gasteiger partial charge >= 0.3 is 0 Å². The van der Waals surface area contributed by atoms with Gasteiger partial charge in [0.15, 0.2) is 0 Å². The van der Waals surface area contributed by atoms with Gasteiger partial charge in [-0.05, 0) is 13.0 Å². The van der Waals surface area contributed by atoms with Crippen LogP contribution in [0.25, 0.3) is 0 Å². The van der Waals surface area contributed by atoms with Crippen LogP contribution in [0.4, 0.5) is 0 Å². The van der Waals surface area contributed by atoms with E-state index in [1.54, 1.807) is 0 Å². The first-order valence-electron chi connectivity index (χ1n) is 4.69. The van der Waals surface area contributed by atoms with Crippen molar-refractivity contribution in [3.05, 3.63) is 12.2 Å². The fourth-order valence-corrected chi connectivity index (χ4v) is 1.59. The maximum atomic E-state index is 4.02. The van der Waals surface area contributed by atoms with Crippen LogP contribution in [0, 0.1) is 0 Å². The van der Waals surface area contributed by atoms with Gasteiger partial charge in [0.25, 0.3) is 0 Å². The lowest BCUT2D eigenvalue weighted by molar-refractivity contribution is 0.778. The predicted molar refractivity (Wildman–Crippen MR) is 59.9 cm³/mol. The number of likely N-dealkylation sites (N-methyl/N-ethyl adjacent to an activating group) is 1. The molecule has 72 valence electrons. The highest BCUT2D eigenvalue weighted by atomic mass is 32.2. The number of nitrogens with one attached hydrogen (secondary N) is 1. The smallest absolute Gasteiger partial charge is 0.0170 e. The van der Waals surface area contributed by atoms with Crippen LogP contribution < -0.4 is 5.32 Å². The zero-order valence-electron chi connectivity index (χ0n) is 8.52. The van der Waals surface area contributed by atoms with Crippen molar-refractivity contribution in [1.29, 1.82) is 0 Å². The quantitative estimate of drug-likeness (QED) is 0.615. The van der Waals surface area contributed by atoms with Crippen LogP contribution in [0.1, 0.15) is 27.2 Å². The Bertz CT molecular complexity index is 123. The molecule has 2 heteroatoms. The van der Waals surface area contributed by atoms with Crippen molar-refractivity contribution in [3.8, 4) is 0 Å². The average Bonchev–Trinajstić information content (AvgIpc) is 2.10. The second-order valence-electron chi connectivity index (χ2n) is 3.06. The molecule has 0 aromatic heterocycles. The second kappa shape index (κ2) is 7.69. The molecule has 0 rings (SSSR count). The Labute approximate surface area is 81.0 Å². The summed E-state index contributed by atoms with van der Waals surface area (Å²) < 4.78 is 0. The molecular formula is C10H21NS. The zero-order chi connectivity index (χ0) is 9.40. The monoisotopic (exact) mass is 187 g/mol. The van der Waals surface area contributed by atoms with Crippen molar-refractivity contribution in [2.75, 3.05) is 18.8 Å². The van der Waals surface area contributed by atoms with Crippen molar-refractivity contribution in [2.45, 2.75) is 32.4 Å². The molecule has 1 unspecified atom stereocenters. The Hall–Kier alpha value is 0.0500. The zero-order valence-corrected chi connectivity index (χ0v) is 9.34. The van der Waals surface area contributed by atoms with Crippen molar-refractivity contribution in [3.63, 3.8) is 0 Å². The van der Waals surface area contributed by atoms with Crippen molar-refractivity contribution in [1.82, 2.24) is 5.32 Å². The average molecular weight is 187 g/mol. The molecule has 0 bridgehead atoms. The van der Waals surface area contributed by atoms with Gasteiger partial charge in [0.2, 0.25) is 0 Å². The lowest BCUT2D eigenvalue weighted by atomic mass is 10.3. The van der Waals surface area contributed by atoms with E-state index in [0.29, 0.717) is 0 Å². The van der Waals surface area contributed by atoms with Crippen LogP contribution in [0.5, 0.6) is 0 Å². The Kier molecular flexibility index (Phi) is 7.72. The molecule has 12 heavy (non-hydrogen) atoms. The standard InChI is InChI=1S/C10H21NS/c1-5-10(4)12-8-9(3)7-11-6-2/h10-11H,3,5-8H2,1-2,4H3. The van der Waals surface area contributed by atoms with Crippen LogP contribution in [0.15, 0.2) is 12.2 Å². The van der Waals surface area contributed by atoms with E-state index in [4.69, 9.17) is 0 Å². The number of rotatable bonds is 7. The molecule has 0 aliphatic carbocycles. The highest BCUT2D eigenvalue weighted by molar-refractivity contribution is 8.00. The summed E-state index contributed by atoms with van der Waals surface area (Å²) in [6.45, 7) is 12.6. The van der Waals surface area contributed by atoms with Crippen LogP contribution >= 0.6 is 11.8 Å². The van der Waals surface area contributed by atoms with E-state index in [9.17, 15) is 0 Å². The Morgan fingerprint density at radius 3 is 2.67 bits per heavy atom. The van der Waals surface area contributed by atoms with Crippen LogP contribution in [0.2, 0.25) is 0 Å². The summed E-state index contributed by atoms with van der Waals surface area (Å²) in [7, 11) is 0. The highest BCUT2D eigenvalue weighted by Gasteiger charge is 1.99. The maximum absolute atomic E-state index is 4.02. The minimum atomic E-state index is 0.767. The van der Waals surface area contributed by atoms with E-state index in [1.807, 2.05) is 11.8 Å². The third-order valence-electron chi connectivity index (χ3n) is 1.77. The molecule has 1 atom stereocenters. The van der Waals surface area contributed by atoms with Gasteiger partial charge in [0, 0.05) is 17.5 Å². The lowest BCUT2D eigenvalue weighted by Gasteiger charge is -2.09. The molecule has 0 aromatic rings. The summed E-state index contributed by atoms with van der Waals surface area (Å²) in [6, 6.07) is 0. The molecule has 1 nitrogen and oxygen atoms in total. The summed E-state index contributed by atoms with van der Waals surface area (Å²) in [6.07, 6.45) is 1.25. The van der Waals surface area contributed by atoms with E-state index >= 15 is 0 Å². The molecule has 0 aliphatic rings. The number of hydrogen-bond acceptors (Lipinski definition) is 2. The topological polar surface area (TPSA) is 12.0 Å². The van der Waals surface area contributed by atoms with E-state index in [1.165, 1.54) is 12.0 Å². The second-order valence-corrected chi connectivity index (χ2v) is 4.49. The molecule has 0 amide bonds. The van der Waals surface area contributed by atoms with E-state index in [-0.39, 0.29) is 0 Å². The normalized spacial score (nSPS) is 12.9. The van der Waals surface area contributed by atoms with Gasteiger partial charge in [0.05, 0.1) is 0 Å². The molecule has 0 aromatic carbocycles. The Balaban J connectivity index is 3.31. The molecular weight excluding hydrogens is 166 g/mol. The lowest BCUT2D eigenvalue weighted by Crippen LogP contribution is -2.17. The van der Waals surface area contributed by atoms with Crippen LogP contribution in [0.3, 0.4) is 0 Å². The molecule has 0 saturated heterocycles. The van der Waals surface area contributed by atoms with Crippen LogP contribution in [-0.2, 0) is 0 Å². The summed E-state index contributed by atoms with van der Waals surface area (Å²) >= 11 is 2.00. The maximum Gasteiger partial charge on any atom is 0.0170 e. The largest absolute Gasteiger partial charge is 0.313 e. The van der Waals surface area contributed by atoms with Gasteiger partial charge in [-0.2, -0.15) is 11.8 Å². The van der Waals surface area contributed by atoms with Crippen molar-refractivity contribution >= 4 is 11.8 Å². The van der Waals surface area contributed by atoms with Crippen molar-refractivity contribution in [2.24, 2.45) is 0 Å². The van der Waals surface area contributed by atoms with Gasteiger partial charge in [-0.15, -0.1) is 0 Å². The Morgan fingerprint density at radius 1 is 1.50 bits per heavy atom. The fraction of sp³-hybridized carbons (Fsp3) is 0.800. The molecule has 1 N–H and O–H groups in total. The molecule has 0 saturated carbocycles. The minimum absolute atomic E-state index is 0.767. The molecule has 0 aliphatic heterocycles. The van der Waals surface area contributed by atoms with Gasteiger partial charge < -0.3 is 5.32 Å². The van der Waals surface area contributed by atoms with Crippen LogP contribution in [-0.4, -0.2) is 24.1 Å². The highest BCUT2D eigenvalue weighted by Crippen LogP contribution is 2.15. The summed E-state index contributed by atoms with van der Waals surface area (Å²) in [5.74, 6) is 1.10. The molecule has 0 fully saturated rings. The van der Waals surface area contributed by atoms with Gasteiger partial charge in [0.1, 0.15) is 0 Å². The molecule has 0 heterocycles. The summed E-state index contributed by atoms with van der Waals surface area (Å²) in [4.78, 5) is 0.